The third kappa shape index (κ3) is 4.62. The van der Waals surface area contributed by atoms with Gasteiger partial charge in [0.2, 0.25) is 0 Å². The summed E-state index contributed by atoms with van der Waals surface area (Å²) in [6, 6.07) is 10.9. The van der Waals surface area contributed by atoms with E-state index in [1.54, 1.807) is 18.4 Å². The number of para-hydroxylation sites is 1. The summed E-state index contributed by atoms with van der Waals surface area (Å²) in [4.78, 5) is 11.5. The predicted octanol–water partition coefficient (Wildman–Crippen LogP) is 2.92. The van der Waals surface area contributed by atoms with E-state index in [-0.39, 0.29) is 6.03 Å². The molecular formula is C14H15BrN2O3. The van der Waals surface area contributed by atoms with Gasteiger partial charge in [-0.1, -0.05) is 12.1 Å². The Hall–Kier alpha value is -1.95. The lowest BCUT2D eigenvalue weighted by molar-refractivity contribution is 0.235. The van der Waals surface area contributed by atoms with Gasteiger partial charge in [-0.15, -0.1) is 0 Å². The van der Waals surface area contributed by atoms with Gasteiger partial charge in [0.15, 0.2) is 0 Å². The first kappa shape index (κ1) is 14.5. The third-order valence-corrected chi connectivity index (χ3v) is 3.14. The number of nitrogens with one attached hydrogen (secondary N) is 2. The van der Waals surface area contributed by atoms with Crippen molar-refractivity contribution in [3.63, 3.8) is 0 Å². The molecule has 0 spiro atoms. The number of halogens is 1. The second-order valence-electron chi connectivity index (χ2n) is 3.97. The quantitative estimate of drug-likeness (QED) is 0.796. The number of hydrogen-bond acceptors (Lipinski definition) is 3. The molecule has 1 aromatic heterocycles. The number of ether oxygens (including phenoxy) is 1. The lowest BCUT2D eigenvalue weighted by Crippen LogP contribution is -2.37. The van der Waals surface area contributed by atoms with E-state index in [4.69, 9.17) is 9.15 Å². The largest absolute Gasteiger partial charge is 0.491 e. The van der Waals surface area contributed by atoms with Gasteiger partial charge in [0, 0.05) is 0 Å². The minimum Gasteiger partial charge on any atom is -0.491 e. The first-order chi connectivity index (χ1) is 9.75. The first-order valence-electron chi connectivity index (χ1n) is 6.17. The van der Waals surface area contributed by atoms with E-state index in [1.165, 1.54) is 0 Å². The molecule has 0 fully saturated rings. The summed E-state index contributed by atoms with van der Waals surface area (Å²) < 4.78 is 11.5. The van der Waals surface area contributed by atoms with Crippen molar-refractivity contribution >= 4 is 22.0 Å². The molecule has 0 saturated carbocycles. The van der Waals surface area contributed by atoms with Gasteiger partial charge in [-0.2, -0.15) is 0 Å². The minimum atomic E-state index is -0.253. The van der Waals surface area contributed by atoms with Crippen molar-refractivity contribution in [2.45, 2.75) is 6.54 Å². The Balaban J connectivity index is 1.61. The van der Waals surface area contributed by atoms with Gasteiger partial charge in [-0.25, -0.2) is 4.79 Å². The smallest absolute Gasteiger partial charge is 0.315 e. The summed E-state index contributed by atoms with van der Waals surface area (Å²) in [5.74, 6) is 1.47. The maximum Gasteiger partial charge on any atom is 0.315 e. The average Bonchev–Trinajstić information content (AvgIpc) is 2.96. The van der Waals surface area contributed by atoms with Gasteiger partial charge < -0.3 is 19.8 Å². The predicted molar refractivity (Wildman–Crippen MR) is 78.6 cm³/mol. The molecule has 2 amide bonds. The number of rotatable bonds is 6. The fraction of sp³-hybridized carbons (Fsp3) is 0.214. The van der Waals surface area contributed by atoms with Crippen molar-refractivity contribution in [3.05, 3.63) is 52.9 Å². The monoisotopic (exact) mass is 338 g/mol. The SMILES string of the molecule is O=C(NCCOc1ccccc1Br)NCc1ccco1. The number of carbonyl (C=O) groups is 1. The molecule has 20 heavy (non-hydrogen) atoms. The summed E-state index contributed by atoms with van der Waals surface area (Å²) in [5, 5.41) is 5.39. The van der Waals surface area contributed by atoms with Crippen LogP contribution in [0.3, 0.4) is 0 Å². The van der Waals surface area contributed by atoms with Crippen molar-refractivity contribution in [1.29, 1.82) is 0 Å². The molecule has 2 N–H and O–H groups in total. The highest BCUT2D eigenvalue weighted by molar-refractivity contribution is 9.10. The molecule has 1 aromatic carbocycles. The molecule has 2 aromatic rings. The lowest BCUT2D eigenvalue weighted by atomic mass is 10.3. The molecule has 0 aliphatic carbocycles. The van der Waals surface area contributed by atoms with E-state index >= 15 is 0 Å². The van der Waals surface area contributed by atoms with Gasteiger partial charge in [-0.05, 0) is 40.2 Å². The minimum absolute atomic E-state index is 0.253. The molecule has 1 heterocycles. The van der Waals surface area contributed by atoms with Gasteiger partial charge in [-0.3, -0.25) is 0 Å². The van der Waals surface area contributed by atoms with Crippen LogP contribution in [-0.2, 0) is 6.54 Å². The van der Waals surface area contributed by atoms with Crippen molar-refractivity contribution in [2.75, 3.05) is 13.2 Å². The molecule has 0 unspecified atom stereocenters. The molecule has 0 radical (unpaired) electrons. The van der Waals surface area contributed by atoms with Crippen molar-refractivity contribution in [1.82, 2.24) is 10.6 Å². The number of amides is 2. The number of benzene rings is 1. The van der Waals surface area contributed by atoms with E-state index in [2.05, 4.69) is 26.6 Å². The zero-order chi connectivity index (χ0) is 14.2. The van der Waals surface area contributed by atoms with Crippen LogP contribution in [0.4, 0.5) is 4.79 Å². The van der Waals surface area contributed by atoms with Crippen LogP contribution in [0.2, 0.25) is 0 Å². The number of carbonyl (C=O) groups excluding carboxylic acids is 1. The van der Waals surface area contributed by atoms with E-state index in [1.807, 2.05) is 24.3 Å². The maximum atomic E-state index is 11.5. The summed E-state index contributed by atoms with van der Waals surface area (Å²) in [6.07, 6.45) is 1.57. The number of urea groups is 1. The van der Waals surface area contributed by atoms with Crippen molar-refractivity contribution in [2.24, 2.45) is 0 Å². The van der Waals surface area contributed by atoms with Crippen LogP contribution >= 0.6 is 15.9 Å². The highest BCUT2D eigenvalue weighted by Crippen LogP contribution is 2.23. The Bertz CT molecular complexity index is 543. The maximum absolute atomic E-state index is 11.5. The topological polar surface area (TPSA) is 63.5 Å². The third-order valence-electron chi connectivity index (χ3n) is 2.49. The Labute approximate surface area is 125 Å². The summed E-state index contributed by atoms with van der Waals surface area (Å²) in [7, 11) is 0. The van der Waals surface area contributed by atoms with Crippen LogP contribution in [0.15, 0.2) is 51.6 Å². The van der Waals surface area contributed by atoms with Gasteiger partial charge in [0.1, 0.15) is 18.1 Å². The standard InChI is InChI=1S/C14H15BrN2O3/c15-12-5-1-2-6-13(12)20-9-7-16-14(18)17-10-11-4-3-8-19-11/h1-6,8H,7,9-10H2,(H2,16,17,18). The van der Waals surface area contributed by atoms with Crippen LogP contribution in [0.5, 0.6) is 5.75 Å². The lowest BCUT2D eigenvalue weighted by Gasteiger charge is -2.09. The Kier molecular flexibility index (Phi) is 5.49. The molecule has 6 heteroatoms. The van der Waals surface area contributed by atoms with Gasteiger partial charge in [0.05, 0.1) is 23.8 Å². The average molecular weight is 339 g/mol. The Morgan fingerprint density at radius 1 is 1.20 bits per heavy atom. The molecule has 0 bridgehead atoms. The molecule has 5 nitrogen and oxygen atoms in total. The summed E-state index contributed by atoms with van der Waals surface area (Å²) in [6.45, 7) is 1.19. The second-order valence-corrected chi connectivity index (χ2v) is 4.82. The number of hydrogen-bond donors (Lipinski definition) is 2. The number of furan rings is 1. The fourth-order valence-electron chi connectivity index (χ4n) is 1.53. The zero-order valence-electron chi connectivity index (χ0n) is 10.8. The highest BCUT2D eigenvalue weighted by Gasteiger charge is 2.02. The van der Waals surface area contributed by atoms with E-state index in [0.717, 1.165) is 10.2 Å². The Morgan fingerprint density at radius 2 is 2.05 bits per heavy atom. The van der Waals surface area contributed by atoms with Crippen LogP contribution in [0, 0.1) is 0 Å². The molecule has 0 atom stereocenters. The van der Waals surface area contributed by atoms with Crippen LogP contribution < -0.4 is 15.4 Å². The fourth-order valence-corrected chi connectivity index (χ4v) is 1.93. The Morgan fingerprint density at radius 3 is 2.80 bits per heavy atom. The van der Waals surface area contributed by atoms with Gasteiger partial charge in [0.25, 0.3) is 0 Å². The first-order valence-corrected chi connectivity index (χ1v) is 6.96. The van der Waals surface area contributed by atoms with E-state index in [9.17, 15) is 4.79 Å². The molecule has 0 aliphatic rings. The van der Waals surface area contributed by atoms with Gasteiger partial charge >= 0.3 is 6.03 Å². The van der Waals surface area contributed by atoms with Crippen molar-refractivity contribution < 1.29 is 13.9 Å². The van der Waals surface area contributed by atoms with Crippen LogP contribution in [0.25, 0.3) is 0 Å². The molecule has 2 rings (SSSR count). The molecule has 0 aliphatic heterocycles. The van der Waals surface area contributed by atoms with E-state index < -0.39 is 0 Å². The summed E-state index contributed by atoms with van der Waals surface area (Å²) >= 11 is 3.39. The highest BCUT2D eigenvalue weighted by atomic mass is 79.9. The zero-order valence-corrected chi connectivity index (χ0v) is 12.4. The molecular weight excluding hydrogens is 324 g/mol. The van der Waals surface area contributed by atoms with Crippen LogP contribution in [0.1, 0.15) is 5.76 Å². The van der Waals surface area contributed by atoms with Crippen LogP contribution in [-0.4, -0.2) is 19.2 Å². The van der Waals surface area contributed by atoms with E-state index in [0.29, 0.717) is 25.5 Å². The molecule has 106 valence electrons. The van der Waals surface area contributed by atoms with Crippen molar-refractivity contribution in [3.8, 4) is 5.75 Å². The second kappa shape index (κ2) is 7.59. The summed E-state index contributed by atoms with van der Waals surface area (Å²) in [5.41, 5.74) is 0. The molecule has 0 saturated heterocycles. The normalized spacial score (nSPS) is 10.1.